The molecule has 0 amide bonds. The van der Waals surface area contributed by atoms with Gasteiger partial charge in [-0.15, -0.1) is 0 Å². The molecule has 1 aromatic rings. The number of Topliss-reactive ketones (excluding diaryl/α,β-unsaturated/α-hetero) is 1. The van der Waals surface area contributed by atoms with Gasteiger partial charge in [-0.1, -0.05) is 55.7 Å². The summed E-state index contributed by atoms with van der Waals surface area (Å²) in [7, 11) is 1.39. The third kappa shape index (κ3) is 6.27. The van der Waals surface area contributed by atoms with Gasteiger partial charge in [0.1, 0.15) is 5.78 Å². The molecule has 3 rings (SSSR count). The third-order valence-electron chi connectivity index (χ3n) is 6.97. The average Bonchev–Trinajstić information content (AvgIpc) is 3.08. The molecule has 5 heteroatoms. The van der Waals surface area contributed by atoms with Crippen molar-refractivity contribution in [1.29, 1.82) is 0 Å². The number of rotatable bonds is 9. The lowest BCUT2D eigenvalue weighted by Crippen LogP contribution is -2.19. The minimum Gasteiger partial charge on any atom is -0.469 e. The van der Waals surface area contributed by atoms with Gasteiger partial charge in [0.25, 0.3) is 0 Å². The predicted octanol–water partition coefficient (Wildman–Crippen LogP) is 4.62. The van der Waals surface area contributed by atoms with Crippen molar-refractivity contribution in [1.82, 2.24) is 0 Å². The van der Waals surface area contributed by atoms with E-state index in [-0.39, 0.29) is 30.0 Å². The van der Waals surface area contributed by atoms with E-state index in [0.29, 0.717) is 18.8 Å². The molecule has 2 saturated carbocycles. The summed E-state index contributed by atoms with van der Waals surface area (Å²) in [6, 6.07) is 7.87. The Morgan fingerprint density at radius 1 is 1.16 bits per heavy atom. The summed E-state index contributed by atoms with van der Waals surface area (Å²) in [4.78, 5) is 23.7. The number of methoxy groups -OCH3 is 1. The number of carbonyl (C=O) groups excluding carboxylic acids is 2. The zero-order valence-corrected chi connectivity index (χ0v) is 18.5. The quantitative estimate of drug-likeness (QED) is 0.341. The summed E-state index contributed by atoms with van der Waals surface area (Å²) in [6.07, 6.45) is 11.3. The van der Waals surface area contributed by atoms with E-state index < -0.39 is 12.2 Å². The highest BCUT2D eigenvalue weighted by atomic mass is 16.5. The van der Waals surface area contributed by atoms with Crippen molar-refractivity contribution in [2.75, 3.05) is 7.11 Å². The van der Waals surface area contributed by atoms with Crippen LogP contribution in [-0.2, 0) is 14.3 Å². The summed E-state index contributed by atoms with van der Waals surface area (Å²) >= 11 is 0. The van der Waals surface area contributed by atoms with Gasteiger partial charge in [-0.25, -0.2) is 0 Å². The van der Waals surface area contributed by atoms with Crippen LogP contribution in [0.1, 0.15) is 87.4 Å². The van der Waals surface area contributed by atoms with Crippen molar-refractivity contribution in [3.8, 4) is 0 Å². The molecule has 1 unspecified atom stereocenters. The van der Waals surface area contributed by atoms with Crippen LogP contribution >= 0.6 is 0 Å². The molecule has 2 fully saturated rings. The van der Waals surface area contributed by atoms with E-state index in [1.165, 1.54) is 26.4 Å². The minimum atomic E-state index is -0.667. The van der Waals surface area contributed by atoms with Crippen molar-refractivity contribution >= 4 is 11.8 Å². The lowest BCUT2D eigenvalue weighted by Gasteiger charge is -2.27. The van der Waals surface area contributed by atoms with Gasteiger partial charge in [0.2, 0.25) is 0 Å². The first-order valence-electron chi connectivity index (χ1n) is 11.7. The standard InChI is InChI=1S/C26H36O5/c1-31-24(29)12-8-3-2-7-11-21-22(27)17-23(28)25(21)18-13-15-20(16-14-18)26(30)19-9-5-4-6-10-19/h2,7,13-16,19,21,23,25-26,28,30H,3-6,8-12,17H2,1H3/b7-2-/t21-,23+,25+,26?/m0/s1. The van der Waals surface area contributed by atoms with E-state index in [1.807, 2.05) is 36.4 Å². The van der Waals surface area contributed by atoms with Crippen LogP contribution < -0.4 is 0 Å². The number of aliphatic hydroxyl groups excluding tert-OH is 2. The van der Waals surface area contributed by atoms with Gasteiger partial charge in [0.15, 0.2) is 0 Å². The Balaban J connectivity index is 1.59. The van der Waals surface area contributed by atoms with Crippen LogP contribution in [0.5, 0.6) is 0 Å². The van der Waals surface area contributed by atoms with Gasteiger partial charge in [0, 0.05) is 24.7 Å². The Kier molecular flexibility index (Phi) is 8.85. The van der Waals surface area contributed by atoms with Gasteiger partial charge in [-0.2, -0.15) is 0 Å². The summed E-state index contributed by atoms with van der Waals surface area (Å²) in [5, 5.41) is 21.3. The van der Waals surface area contributed by atoms with E-state index >= 15 is 0 Å². The Labute approximate surface area is 185 Å². The molecule has 0 bridgehead atoms. The van der Waals surface area contributed by atoms with Crippen molar-refractivity contribution in [2.45, 2.75) is 82.3 Å². The molecule has 0 aromatic heterocycles. The first kappa shape index (κ1) is 23.7. The number of hydrogen-bond donors (Lipinski definition) is 2. The summed E-state index contributed by atoms with van der Waals surface area (Å²) in [5.41, 5.74) is 1.89. The number of carbonyl (C=O) groups is 2. The molecule has 0 radical (unpaired) electrons. The molecule has 0 aliphatic heterocycles. The Morgan fingerprint density at radius 3 is 2.55 bits per heavy atom. The fourth-order valence-corrected chi connectivity index (χ4v) is 5.15. The van der Waals surface area contributed by atoms with Crippen LogP contribution in [0, 0.1) is 11.8 Å². The number of allylic oxidation sites excluding steroid dienone is 2. The molecule has 0 spiro atoms. The molecular weight excluding hydrogens is 392 g/mol. The number of esters is 1. The molecule has 5 nitrogen and oxygen atoms in total. The van der Waals surface area contributed by atoms with E-state index in [4.69, 9.17) is 0 Å². The summed E-state index contributed by atoms with van der Waals surface area (Å²) in [6.45, 7) is 0. The number of unbranched alkanes of at least 4 members (excludes halogenated alkanes) is 1. The van der Waals surface area contributed by atoms with Gasteiger partial charge in [-0.3, -0.25) is 9.59 Å². The van der Waals surface area contributed by atoms with Crippen molar-refractivity contribution in [3.63, 3.8) is 0 Å². The lowest BCUT2D eigenvalue weighted by molar-refractivity contribution is -0.140. The first-order chi connectivity index (χ1) is 15.0. The molecule has 2 N–H and O–H groups in total. The average molecular weight is 429 g/mol. The maximum absolute atomic E-state index is 12.5. The molecule has 0 saturated heterocycles. The van der Waals surface area contributed by atoms with E-state index in [1.54, 1.807) is 0 Å². The molecule has 170 valence electrons. The molecule has 0 heterocycles. The maximum Gasteiger partial charge on any atom is 0.305 e. The molecule has 2 aliphatic carbocycles. The molecule has 2 aliphatic rings. The normalized spacial score (nSPS) is 25.8. The lowest BCUT2D eigenvalue weighted by atomic mass is 9.81. The van der Waals surface area contributed by atoms with Crippen molar-refractivity contribution in [2.24, 2.45) is 11.8 Å². The second kappa shape index (κ2) is 11.6. The highest BCUT2D eigenvalue weighted by molar-refractivity contribution is 5.85. The van der Waals surface area contributed by atoms with Crippen LogP contribution in [0.15, 0.2) is 36.4 Å². The second-order valence-corrected chi connectivity index (χ2v) is 9.06. The number of ether oxygens (including phenoxy) is 1. The molecular formula is C26H36O5. The smallest absolute Gasteiger partial charge is 0.305 e. The van der Waals surface area contributed by atoms with Gasteiger partial charge in [-0.05, 0) is 49.1 Å². The maximum atomic E-state index is 12.5. The minimum absolute atomic E-state index is 0.100. The van der Waals surface area contributed by atoms with Crippen molar-refractivity contribution in [3.05, 3.63) is 47.5 Å². The molecule has 1 aromatic carbocycles. The Bertz CT molecular complexity index is 748. The zero-order chi connectivity index (χ0) is 22.2. The Hall–Kier alpha value is -1.98. The van der Waals surface area contributed by atoms with Crippen LogP contribution in [0.2, 0.25) is 0 Å². The van der Waals surface area contributed by atoms with Crippen LogP contribution in [0.4, 0.5) is 0 Å². The first-order valence-corrected chi connectivity index (χ1v) is 11.7. The number of aliphatic hydroxyl groups is 2. The predicted molar refractivity (Wildman–Crippen MR) is 119 cm³/mol. The van der Waals surface area contributed by atoms with Crippen LogP contribution in [0.3, 0.4) is 0 Å². The van der Waals surface area contributed by atoms with Crippen molar-refractivity contribution < 1.29 is 24.5 Å². The SMILES string of the molecule is COC(=O)CCC/C=C\C[C@H]1C(=O)C[C@@H](O)[C@@H]1c1ccc(C(O)C2CCCCC2)cc1. The van der Waals surface area contributed by atoms with E-state index in [9.17, 15) is 19.8 Å². The largest absolute Gasteiger partial charge is 0.469 e. The monoisotopic (exact) mass is 428 g/mol. The fraction of sp³-hybridized carbons (Fsp3) is 0.615. The fourth-order valence-electron chi connectivity index (χ4n) is 5.15. The second-order valence-electron chi connectivity index (χ2n) is 9.06. The third-order valence-corrected chi connectivity index (χ3v) is 6.97. The van der Waals surface area contributed by atoms with Gasteiger partial charge >= 0.3 is 5.97 Å². The zero-order valence-electron chi connectivity index (χ0n) is 18.5. The summed E-state index contributed by atoms with van der Waals surface area (Å²) in [5.74, 6) is -0.230. The summed E-state index contributed by atoms with van der Waals surface area (Å²) < 4.78 is 4.63. The number of hydrogen-bond acceptors (Lipinski definition) is 5. The Morgan fingerprint density at radius 2 is 1.87 bits per heavy atom. The molecule has 31 heavy (non-hydrogen) atoms. The van der Waals surface area contributed by atoms with Crippen LogP contribution in [0.25, 0.3) is 0 Å². The van der Waals surface area contributed by atoms with E-state index in [2.05, 4.69) is 4.74 Å². The van der Waals surface area contributed by atoms with Crippen LogP contribution in [-0.4, -0.2) is 35.2 Å². The molecule has 4 atom stereocenters. The number of benzene rings is 1. The van der Waals surface area contributed by atoms with Gasteiger partial charge in [0.05, 0.1) is 19.3 Å². The topological polar surface area (TPSA) is 83.8 Å². The highest BCUT2D eigenvalue weighted by Gasteiger charge is 2.41. The number of ketones is 1. The highest BCUT2D eigenvalue weighted by Crippen LogP contribution is 2.41. The van der Waals surface area contributed by atoms with E-state index in [0.717, 1.165) is 36.8 Å². The van der Waals surface area contributed by atoms with Gasteiger partial charge < -0.3 is 14.9 Å².